The van der Waals surface area contributed by atoms with E-state index in [1.807, 2.05) is 37.3 Å². The number of nitrogens with zero attached hydrogens (tertiary/aromatic N) is 1. The molecule has 1 aliphatic heterocycles. The monoisotopic (exact) mass is 367 g/mol. The molecule has 3 nitrogen and oxygen atoms in total. The summed E-state index contributed by atoms with van der Waals surface area (Å²) >= 11 is 7.88. The zero-order chi connectivity index (χ0) is 16.4. The van der Waals surface area contributed by atoms with Crippen LogP contribution in [0.15, 0.2) is 53.4 Å². The minimum Gasteiger partial charge on any atom is -0.207 e. The van der Waals surface area contributed by atoms with Crippen LogP contribution in [0, 0.1) is 0 Å². The van der Waals surface area contributed by atoms with Crippen molar-refractivity contribution < 1.29 is 8.42 Å². The molecule has 0 bridgehead atoms. The minimum absolute atomic E-state index is 0.264. The fourth-order valence-electron chi connectivity index (χ4n) is 2.65. The van der Waals surface area contributed by atoms with Gasteiger partial charge in [0.05, 0.1) is 10.3 Å². The molecule has 1 atom stereocenters. The largest absolute Gasteiger partial charge is 0.244 e. The second-order valence-corrected chi connectivity index (χ2v) is 8.84. The standard InChI is InChI=1S/C17H18ClNO2S2/c1-2-13-7-9-14(10-8-13)23(20,21)19-11-12-22-17(19)15-5-3-4-6-16(15)18/h3-10,17H,2,11-12H2,1H3. The van der Waals surface area contributed by atoms with E-state index in [4.69, 9.17) is 11.6 Å². The average molecular weight is 368 g/mol. The quantitative estimate of drug-likeness (QED) is 0.806. The third-order valence-electron chi connectivity index (χ3n) is 3.96. The van der Waals surface area contributed by atoms with E-state index in [9.17, 15) is 8.42 Å². The van der Waals surface area contributed by atoms with Crippen LogP contribution in [0.2, 0.25) is 5.02 Å². The van der Waals surface area contributed by atoms with Crippen molar-refractivity contribution in [2.45, 2.75) is 23.6 Å². The van der Waals surface area contributed by atoms with Gasteiger partial charge in [-0.3, -0.25) is 0 Å². The van der Waals surface area contributed by atoms with E-state index < -0.39 is 10.0 Å². The van der Waals surface area contributed by atoms with Crippen molar-refractivity contribution in [3.8, 4) is 0 Å². The lowest BCUT2D eigenvalue weighted by molar-refractivity contribution is 0.434. The molecule has 0 aliphatic carbocycles. The summed E-state index contributed by atoms with van der Waals surface area (Å²) in [7, 11) is -3.52. The molecule has 0 aromatic heterocycles. The van der Waals surface area contributed by atoms with Crippen LogP contribution < -0.4 is 0 Å². The number of halogens is 1. The molecule has 23 heavy (non-hydrogen) atoms. The Morgan fingerprint density at radius 2 is 1.87 bits per heavy atom. The lowest BCUT2D eigenvalue weighted by atomic mass is 10.2. The highest BCUT2D eigenvalue weighted by Gasteiger charge is 2.37. The van der Waals surface area contributed by atoms with Gasteiger partial charge in [-0.2, -0.15) is 4.31 Å². The van der Waals surface area contributed by atoms with E-state index in [0.717, 1.165) is 23.3 Å². The molecule has 0 saturated carbocycles. The Hall–Kier alpha value is -1.01. The van der Waals surface area contributed by atoms with Crippen molar-refractivity contribution >= 4 is 33.4 Å². The summed E-state index contributed by atoms with van der Waals surface area (Å²) in [5.41, 5.74) is 1.98. The van der Waals surface area contributed by atoms with Gasteiger partial charge in [0.15, 0.2) is 0 Å². The first-order valence-electron chi connectivity index (χ1n) is 7.51. The Bertz CT molecular complexity index is 790. The summed E-state index contributed by atoms with van der Waals surface area (Å²) in [5, 5.41) is 0.341. The summed E-state index contributed by atoms with van der Waals surface area (Å²) in [5.74, 6) is 0.766. The van der Waals surface area contributed by atoms with Crippen LogP contribution in [0.1, 0.15) is 23.4 Å². The lowest BCUT2D eigenvalue weighted by Gasteiger charge is -2.24. The number of hydrogen-bond donors (Lipinski definition) is 0. The van der Waals surface area contributed by atoms with Gasteiger partial charge >= 0.3 is 0 Å². The summed E-state index contributed by atoms with van der Waals surface area (Å²) in [6, 6.07) is 14.6. The zero-order valence-electron chi connectivity index (χ0n) is 12.8. The Morgan fingerprint density at radius 1 is 1.17 bits per heavy atom. The molecule has 1 aliphatic rings. The van der Waals surface area contributed by atoms with Gasteiger partial charge in [0.2, 0.25) is 10.0 Å². The van der Waals surface area contributed by atoms with Crippen molar-refractivity contribution in [1.29, 1.82) is 0 Å². The number of benzene rings is 2. The molecule has 1 unspecified atom stereocenters. The molecule has 1 fully saturated rings. The van der Waals surface area contributed by atoms with Crippen molar-refractivity contribution in [3.05, 3.63) is 64.7 Å². The topological polar surface area (TPSA) is 37.4 Å². The highest BCUT2D eigenvalue weighted by molar-refractivity contribution is 8.01. The molecule has 0 spiro atoms. The van der Waals surface area contributed by atoms with Crippen LogP contribution in [0.4, 0.5) is 0 Å². The van der Waals surface area contributed by atoms with Crippen LogP contribution in [-0.2, 0) is 16.4 Å². The minimum atomic E-state index is -3.52. The highest BCUT2D eigenvalue weighted by Crippen LogP contribution is 2.43. The molecule has 3 rings (SSSR count). The zero-order valence-corrected chi connectivity index (χ0v) is 15.2. The van der Waals surface area contributed by atoms with E-state index in [1.54, 1.807) is 34.3 Å². The molecule has 2 aromatic carbocycles. The van der Waals surface area contributed by atoms with Crippen molar-refractivity contribution in [1.82, 2.24) is 4.31 Å². The van der Waals surface area contributed by atoms with Crippen molar-refractivity contribution in [3.63, 3.8) is 0 Å². The predicted octanol–water partition coefficient (Wildman–Crippen LogP) is 4.34. The van der Waals surface area contributed by atoms with Gasteiger partial charge in [-0.25, -0.2) is 8.42 Å². The smallest absolute Gasteiger partial charge is 0.207 e. The molecular formula is C17H18ClNO2S2. The summed E-state index contributed by atoms with van der Waals surface area (Å²) in [6.07, 6.45) is 0.891. The molecule has 2 aromatic rings. The summed E-state index contributed by atoms with van der Waals surface area (Å²) < 4.78 is 27.6. The average Bonchev–Trinajstić information content (AvgIpc) is 3.05. The Kier molecular flexibility index (Phi) is 5.01. The number of sulfonamides is 1. The maximum absolute atomic E-state index is 13.0. The van der Waals surface area contributed by atoms with Gasteiger partial charge in [-0.1, -0.05) is 48.9 Å². The van der Waals surface area contributed by atoms with Crippen molar-refractivity contribution in [2.24, 2.45) is 0 Å². The van der Waals surface area contributed by atoms with Gasteiger partial charge in [0.1, 0.15) is 0 Å². The predicted molar refractivity (Wildman–Crippen MR) is 96.4 cm³/mol. The Balaban J connectivity index is 1.96. The maximum atomic E-state index is 13.0. The fourth-order valence-corrected chi connectivity index (χ4v) is 6.23. The number of aryl methyl sites for hydroxylation is 1. The molecule has 1 saturated heterocycles. The van der Waals surface area contributed by atoms with Gasteiger partial charge in [-0.05, 0) is 35.7 Å². The first kappa shape index (κ1) is 16.8. The molecule has 122 valence electrons. The summed E-state index contributed by atoms with van der Waals surface area (Å²) in [4.78, 5) is 0.342. The van der Waals surface area contributed by atoms with E-state index >= 15 is 0 Å². The highest BCUT2D eigenvalue weighted by atomic mass is 35.5. The van der Waals surface area contributed by atoms with Gasteiger partial charge < -0.3 is 0 Å². The first-order chi connectivity index (χ1) is 11.0. The molecule has 0 amide bonds. The first-order valence-corrected chi connectivity index (χ1v) is 10.4. The van der Waals surface area contributed by atoms with Gasteiger partial charge in [0, 0.05) is 17.3 Å². The number of thioether (sulfide) groups is 1. The Morgan fingerprint density at radius 3 is 2.52 bits per heavy atom. The molecule has 0 N–H and O–H groups in total. The maximum Gasteiger partial charge on any atom is 0.244 e. The van der Waals surface area contributed by atoms with Crippen LogP contribution in [0.3, 0.4) is 0 Å². The van der Waals surface area contributed by atoms with Crippen LogP contribution in [0.25, 0.3) is 0 Å². The Labute approximate surface area is 146 Å². The van der Waals surface area contributed by atoms with Gasteiger partial charge in [-0.15, -0.1) is 11.8 Å². The van der Waals surface area contributed by atoms with Crippen LogP contribution in [0.5, 0.6) is 0 Å². The third kappa shape index (κ3) is 3.29. The number of hydrogen-bond acceptors (Lipinski definition) is 3. The second-order valence-electron chi connectivity index (χ2n) is 5.36. The summed E-state index contributed by atoms with van der Waals surface area (Å²) in [6.45, 7) is 2.55. The molecule has 1 heterocycles. The normalized spacial score (nSPS) is 19.1. The van der Waals surface area contributed by atoms with E-state index in [1.165, 1.54) is 0 Å². The molecule has 6 heteroatoms. The SMILES string of the molecule is CCc1ccc(S(=O)(=O)N2CCSC2c2ccccc2Cl)cc1. The second kappa shape index (κ2) is 6.85. The van der Waals surface area contributed by atoms with Gasteiger partial charge in [0.25, 0.3) is 0 Å². The van der Waals surface area contributed by atoms with E-state index in [0.29, 0.717) is 16.5 Å². The van der Waals surface area contributed by atoms with Crippen molar-refractivity contribution in [2.75, 3.05) is 12.3 Å². The fraction of sp³-hybridized carbons (Fsp3) is 0.294. The molecular weight excluding hydrogens is 350 g/mol. The lowest BCUT2D eigenvalue weighted by Crippen LogP contribution is -2.30. The van der Waals surface area contributed by atoms with Crippen LogP contribution >= 0.6 is 23.4 Å². The number of rotatable bonds is 4. The van der Waals surface area contributed by atoms with Crippen LogP contribution in [-0.4, -0.2) is 25.0 Å². The third-order valence-corrected chi connectivity index (χ3v) is 7.56. The molecule has 0 radical (unpaired) electrons. The van der Waals surface area contributed by atoms with E-state index in [2.05, 4.69) is 0 Å². The van der Waals surface area contributed by atoms with E-state index in [-0.39, 0.29) is 5.37 Å².